The van der Waals surface area contributed by atoms with Crippen LogP contribution in [0.1, 0.15) is 27.7 Å². The van der Waals surface area contributed by atoms with Crippen LogP contribution >= 0.6 is 0 Å². The van der Waals surface area contributed by atoms with E-state index in [4.69, 9.17) is 23.1 Å². The summed E-state index contributed by atoms with van der Waals surface area (Å²) in [4.78, 5) is 4.80. The SMILES string of the molecule is CC1(C)OB(c2cc3ccc4nc(-c5ccccc5)oc4c3c3c2oc2ccccc23)OC1(C)C. The Morgan fingerprint density at radius 1 is 0.714 bits per heavy atom. The smallest absolute Gasteiger partial charge is 0.456 e. The lowest BCUT2D eigenvalue weighted by atomic mass is 9.76. The maximum Gasteiger partial charge on any atom is 0.498 e. The number of oxazole rings is 1. The van der Waals surface area contributed by atoms with E-state index in [1.165, 1.54) is 0 Å². The zero-order valence-corrected chi connectivity index (χ0v) is 20.1. The number of rotatable bonds is 2. The highest BCUT2D eigenvalue weighted by molar-refractivity contribution is 6.66. The van der Waals surface area contributed by atoms with Gasteiger partial charge in [-0.3, -0.25) is 0 Å². The van der Waals surface area contributed by atoms with Crippen LogP contribution in [0.4, 0.5) is 0 Å². The van der Waals surface area contributed by atoms with E-state index in [0.29, 0.717) is 5.89 Å². The van der Waals surface area contributed by atoms with Crippen LogP contribution < -0.4 is 5.46 Å². The summed E-state index contributed by atoms with van der Waals surface area (Å²) in [5.74, 6) is 0.601. The molecule has 4 aromatic carbocycles. The average Bonchev–Trinajstić information content (AvgIpc) is 3.50. The molecule has 0 saturated carbocycles. The molecule has 1 saturated heterocycles. The van der Waals surface area contributed by atoms with E-state index in [2.05, 4.69) is 45.9 Å². The summed E-state index contributed by atoms with van der Waals surface area (Å²) in [6, 6.07) is 24.3. The van der Waals surface area contributed by atoms with Crippen LogP contribution in [0.25, 0.3) is 55.3 Å². The van der Waals surface area contributed by atoms with Crippen molar-refractivity contribution in [1.82, 2.24) is 4.98 Å². The Labute approximate surface area is 202 Å². The van der Waals surface area contributed by atoms with Crippen LogP contribution in [0.5, 0.6) is 0 Å². The first-order valence-corrected chi connectivity index (χ1v) is 11.9. The molecule has 1 aliphatic heterocycles. The Hall–Kier alpha value is -3.61. The van der Waals surface area contributed by atoms with E-state index >= 15 is 0 Å². The van der Waals surface area contributed by atoms with E-state index in [1.807, 2.05) is 54.6 Å². The topological polar surface area (TPSA) is 57.6 Å². The normalized spacial score (nSPS) is 17.3. The number of aromatic nitrogens is 1. The maximum absolute atomic E-state index is 6.46. The number of hydrogen-bond acceptors (Lipinski definition) is 5. The first-order valence-electron chi connectivity index (χ1n) is 11.9. The molecule has 0 amide bonds. The van der Waals surface area contributed by atoms with Gasteiger partial charge in [0.05, 0.1) is 11.2 Å². The van der Waals surface area contributed by atoms with E-state index in [0.717, 1.165) is 54.8 Å². The standard InChI is InChI=1S/C29H24BNO4/c1-28(2)29(3,4)35-30(34-28)20-16-18-14-15-21-26(33-27(31-21)17-10-6-5-7-11-17)23(18)24-19-12-8-9-13-22(19)32-25(20)24/h5-16H,1-4H3. The third kappa shape index (κ3) is 2.93. The summed E-state index contributed by atoms with van der Waals surface area (Å²) in [6.45, 7) is 8.25. The lowest BCUT2D eigenvalue weighted by Gasteiger charge is -2.32. The van der Waals surface area contributed by atoms with Gasteiger partial charge in [-0.15, -0.1) is 0 Å². The van der Waals surface area contributed by atoms with Gasteiger partial charge in [0, 0.05) is 27.2 Å². The summed E-state index contributed by atoms with van der Waals surface area (Å²) >= 11 is 0. The van der Waals surface area contributed by atoms with Gasteiger partial charge in [-0.25, -0.2) is 4.98 Å². The van der Waals surface area contributed by atoms with Gasteiger partial charge in [0.25, 0.3) is 0 Å². The lowest BCUT2D eigenvalue weighted by Crippen LogP contribution is -2.41. The molecule has 0 bridgehead atoms. The van der Waals surface area contributed by atoms with Gasteiger partial charge in [0.15, 0.2) is 5.58 Å². The number of hydrogen-bond donors (Lipinski definition) is 0. The van der Waals surface area contributed by atoms with E-state index < -0.39 is 18.3 Å². The Kier molecular flexibility index (Phi) is 4.13. The van der Waals surface area contributed by atoms with Crippen molar-refractivity contribution in [3.63, 3.8) is 0 Å². The van der Waals surface area contributed by atoms with E-state index in [1.54, 1.807) is 0 Å². The minimum Gasteiger partial charge on any atom is -0.456 e. The molecule has 0 atom stereocenters. The molecule has 7 rings (SSSR count). The second-order valence-electron chi connectivity index (χ2n) is 10.3. The molecule has 35 heavy (non-hydrogen) atoms. The molecule has 6 heteroatoms. The number of benzene rings is 4. The molecular weight excluding hydrogens is 437 g/mol. The highest BCUT2D eigenvalue weighted by Gasteiger charge is 2.52. The van der Waals surface area contributed by atoms with Crippen molar-refractivity contribution in [2.45, 2.75) is 38.9 Å². The van der Waals surface area contributed by atoms with Gasteiger partial charge in [0.2, 0.25) is 5.89 Å². The van der Waals surface area contributed by atoms with Gasteiger partial charge in [-0.1, -0.05) is 48.5 Å². The van der Waals surface area contributed by atoms with Gasteiger partial charge in [-0.2, -0.15) is 0 Å². The molecular formula is C29H24BNO4. The van der Waals surface area contributed by atoms with Crippen molar-refractivity contribution in [1.29, 1.82) is 0 Å². The molecule has 0 aliphatic carbocycles. The molecule has 5 nitrogen and oxygen atoms in total. The van der Waals surface area contributed by atoms with Crippen molar-refractivity contribution in [2.24, 2.45) is 0 Å². The van der Waals surface area contributed by atoms with Crippen LogP contribution in [0, 0.1) is 0 Å². The fraction of sp³-hybridized carbons (Fsp3) is 0.207. The minimum absolute atomic E-state index is 0.454. The zero-order valence-electron chi connectivity index (χ0n) is 20.1. The van der Waals surface area contributed by atoms with Crippen molar-refractivity contribution in [3.8, 4) is 11.5 Å². The van der Waals surface area contributed by atoms with Crippen LogP contribution in [-0.2, 0) is 9.31 Å². The highest BCUT2D eigenvalue weighted by Crippen LogP contribution is 2.41. The van der Waals surface area contributed by atoms with Gasteiger partial charge in [-0.05, 0) is 57.3 Å². The summed E-state index contributed by atoms with van der Waals surface area (Å²) in [5.41, 5.74) is 4.04. The summed E-state index contributed by atoms with van der Waals surface area (Å²) in [5, 5.41) is 4.02. The molecule has 0 unspecified atom stereocenters. The molecule has 1 fully saturated rings. The quantitative estimate of drug-likeness (QED) is 0.264. The van der Waals surface area contributed by atoms with Crippen LogP contribution in [0.2, 0.25) is 0 Å². The van der Waals surface area contributed by atoms with Gasteiger partial charge >= 0.3 is 7.12 Å². The summed E-state index contributed by atoms with van der Waals surface area (Å²) in [6.07, 6.45) is 0. The Morgan fingerprint density at radius 2 is 1.43 bits per heavy atom. The van der Waals surface area contributed by atoms with Gasteiger partial charge in [0.1, 0.15) is 16.7 Å². The first kappa shape index (κ1) is 20.7. The average molecular weight is 461 g/mol. The second kappa shape index (κ2) is 6.97. The largest absolute Gasteiger partial charge is 0.498 e. The van der Waals surface area contributed by atoms with Crippen molar-refractivity contribution in [2.75, 3.05) is 0 Å². The molecule has 0 radical (unpaired) electrons. The number of fused-ring (bicyclic) bond motifs is 7. The number of furan rings is 1. The van der Waals surface area contributed by atoms with Gasteiger partial charge < -0.3 is 18.1 Å². The number of para-hydroxylation sites is 1. The molecule has 3 heterocycles. The fourth-order valence-corrected chi connectivity index (χ4v) is 4.96. The Bertz CT molecular complexity index is 1750. The van der Waals surface area contributed by atoms with Crippen LogP contribution in [0.15, 0.2) is 81.6 Å². The second-order valence-corrected chi connectivity index (χ2v) is 10.3. The van der Waals surface area contributed by atoms with E-state index in [9.17, 15) is 0 Å². The third-order valence-electron chi connectivity index (χ3n) is 7.54. The predicted octanol–water partition coefficient (Wildman–Crippen LogP) is 6.85. The molecule has 1 aliphatic rings. The lowest BCUT2D eigenvalue weighted by molar-refractivity contribution is 0.00578. The Morgan fingerprint density at radius 3 is 2.20 bits per heavy atom. The minimum atomic E-state index is -0.544. The predicted molar refractivity (Wildman–Crippen MR) is 140 cm³/mol. The van der Waals surface area contributed by atoms with Crippen LogP contribution in [-0.4, -0.2) is 23.3 Å². The molecule has 172 valence electrons. The number of nitrogens with zero attached hydrogens (tertiary/aromatic N) is 1. The summed E-state index contributed by atoms with van der Waals surface area (Å²) < 4.78 is 25.7. The molecule has 0 spiro atoms. The Balaban J connectivity index is 1.57. The van der Waals surface area contributed by atoms with E-state index in [-0.39, 0.29) is 0 Å². The first-order chi connectivity index (χ1) is 16.8. The maximum atomic E-state index is 6.46. The molecule has 2 aromatic heterocycles. The fourth-order valence-electron chi connectivity index (χ4n) is 4.96. The molecule has 6 aromatic rings. The zero-order chi connectivity index (χ0) is 23.9. The summed E-state index contributed by atoms with van der Waals surface area (Å²) in [7, 11) is -0.544. The molecule has 0 N–H and O–H groups in total. The monoisotopic (exact) mass is 461 g/mol. The third-order valence-corrected chi connectivity index (χ3v) is 7.54. The van der Waals surface area contributed by atoms with Crippen LogP contribution in [0.3, 0.4) is 0 Å². The highest BCUT2D eigenvalue weighted by atomic mass is 16.7. The van der Waals surface area contributed by atoms with Crippen molar-refractivity contribution in [3.05, 3.63) is 72.8 Å². The van der Waals surface area contributed by atoms with Crippen molar-refractivity contribution < 1.29 is 18.1 Å². The van der Waals surface area contributed by atoms with Crippen molar-refractivity contribution >= 4 is 56.4 Å².